The molecule has 0 saturated carbocycles. The highest BCUT2D eigenvalue weighted by Gasteiger charge is 2.22. The average Bonchev–Trinajstić information content (AvgIpc) is 2.64. The zero-order chi connectivity index (χ0) is 15.1. The minimum atomic E-state index is 0.478. The van der Waals surface area contributed by atoms with Gasteiger partial charge in [-0.25, -0.2) is 9.97 Å². The van der Waals surface area contributed by atoms with Gasteiger partial charge in [-0.3, -0.25) is 0 Å². The summed E-state index contributed by atoms with van der Waals surface area (Å²) in [5, 5.41) is 3.37. The van der Waals surface area contributed by atoms with E-state index in [4.69, 9.17) is 4.98 Å². The third-order valence-electron chi connectivity index (χ3n) is 3.88. The van der Waals surface area contributed by atoms with Crippen LogP contribution in [0, 0.1) is 11.8 Å². The molecule has 0 aromatic carbocycles. The molecule has 2 rings (SSSR count). The Hall–Kier alpha value is -1.76. The molecule has 0 amide bonds. The predicted molar refractivity (Wildman–Crippen MR) is 88.6 cm³/mol. The van der Waals surface area contributed by atoms with Crippen molar-refractivity contribution >= 4 is 11.6 Å². The van der Waals surface area contributed by atoms with E-state index in [0.29, 0.717) is 6.04 Å². The summed E-state index contributed by atoms with van der Waals surface area (Å²) in [6.07, 6.45) is 7.47. The van der Waals surface area contributed by atoms with Gasteiger partial charge in [-0.05, 0) is 32.6 Å². The maximum absolute atomic E-state index is 4.72. The third-order valence-corrected chi connectivity index (χ3v) is 3.88. The first-order valence-electron chi connectivity index (χ1n) is 8.12. The molecule has 21 heavy (non-hydrogen) atoms. The lowest BCUT2D eigenvalue weighted by molar-refractivity contribution is 0.621. The zero-order valence-electron chi connectivity index (χ0n) is 13.4. The molecule has 114 valence electrons. The Bertz CT molecular complexity index is 515. The van der Waals surface area contributed by atoms with Gasteiger partial charge in [0.25, 0.3) is 0 Å². The quantitative estimate of drug-likeness (QED) is 0.680. The van der Waals surface area contributed by atoms with Gasteiger partial charge in [-0.15, -0.1) is 0 Å². The van der Waals surface area contributed by atoms with Crippen molar-refractivity contribution in [3.63, 3.8) is 0 Å². The van der Waals surface area contributed by atoms with Crippen LogP contribution < -0.4 is 10.2 Å². The summed E-state index contributed by atoms with van der Waals surface area (Å²) in [4.78, 5) is 11.5. The molecule has 4 heteroatoms. The van der Waals surface area contributed by atoms with E-state index in [9.17, 15) is 0 Å². The standard InChI is InChI=1S/C17H26N4/c1-4-6-7-8-9-10-15-13-19-16-17(20-15)21(5-2)14(3)11-12-18-16/h13-14H,4-8,11-12H2,1-3H3,(H,18,19). The van der Waals surface area contributed by atoms with Crippen LogP contribution in [0.1, 0.15) is 58.6 Å². The molecule has 0 spiro atoms. The molecule has 0 radical (unpaired) electrons. The van der Waals surface area contributed by atoms with Crippen molar-refractivity contribution in [3.05, 3.63) is 11.9 Å². The van der Waals surface area contributed by atoms with Crippen molar-refractivity contribution in [3.8, 4) is 11.8 Å². The van der Waals surface area contributed by atoms with Crippen LogP contribution in [0.3, 0.4) is 0 Å². The first-order valence-corrected chi connectivity index (χ1v) is 8.12. The van der Waals surface area contributed by atoms with Crippen molar-refractivity contribution in [1.82, 2.24) is 9.97 Å². The number of rotatable bonds is 4. The first-order chi connectivity index (χ1) is 10.3. The summed E-state index contributed by atoms with van der Waals surface area (Å²) >= 11 is 0. The molecule has 1 atom stereocenters. The van der Waals surface area contributed by atoms with Crippen molar-refractivity contribution in [2.75, 3.05) is 23.3 Å². The van der Waals surface area contributed by atoms with E-state index in [0.717, 1.165) is 43.3 Å². The summed E-state index contributed by atoms with van der Waals surface area (Å²) in [5.74, 6) is 8.20. The Morgan fingerprint density at radius 1 is 1.38 bits per heavy atom. The molecule has 1 aromatic heterocycles. The maximum Gasteiger partial charge on any atom is 0.173 e. The van der Waals surface area contributed by atoms with Crippen LogP contribution in [0.4, 0.5) is 11.6 Å². The second-order valence-corrected chi connectivity index (χ2v) is 5.54. The highest BCUT2D eigenvalue weighted by atomic mass is 15.3. The van der Waals surface area contributed by atoms with Gasteiger partial charge in [0.15, 0.2) is 11.6 Å². The van der Waals surface area contributed by atoms with Gasteiger partial charge >= 0.3 is 0 Å². The molecular formula is C17H26N4. The minimum Gasteiger partial charge on any atom is -0.367 e. The lowest BCUT2D eigenvalue weighted by Crippen LogP contribution is -2.33. The van der Waals surface area contributed by atoms with Crippen molar-refractivity contribution in [2.45, 2.75) is 58.9 Å². The second-order valence-electron chi connectivity index (χ2n) is 5.54. The van der Waals surface area contributed by atoms with Crippen LogP contribution in [0.25, 0.3) is 0 Å². The minimum absolute atomic E-state index is 0.478. The number of hydrogen-bond donors (Lipinski definition) is 1. The van der Waals surface area contributed by atoms with Gasteiger partial charge in [0.1, 0.15) is 5.69 Å². The van der Waals surface area contributed by atoms with Gasteiger partial charge in [-0.1, -0.05) is 25.7 Å². The van der Waals surface area contributed by atoms with Crippen LogP contribution in [0.15, 0.2) is 6.20 Å². The topological polar surface area (TPSA) is 41.1 Å². The predicted octanol–water partition coefficient (Wildman–Crippen LogP) is 3.44. The SMILES string of the molecule is CCCCCC#Cc1cnc2c(n1)N(CC)C(C)CCN2. The van der Waals surface area contributed by atoms with Gasteiger partial charge in [0.05, 0.1) is 6.20 Å². The molecule has 1 N–H and O–H groups in total. The third kappa shape index (κ3) is 4.10. The van der Waals surface area contributed by atoms with Crippen LogP contribution in [0.5, 0.6) is 0 Å². The van der Waals surface area contributed by atoms with Gasteiger partial charge in [-0.2, -0.15) is 0 Å². The van der Waals surface area contributed by atoms with E-state index < -0.39 is 0 Å². The smallest absolute Gasteiger partial charge is 0.173 e. The number of unbranched alkanes of at least 4 members (excludes halogenated alkanes) is 3. The van der Waals surface area contributed by atoms with E-state index in [1.807, 2.05) is 0 Å². The van der Waals surface area contributed by atoms with E-state index in [2.05, 4.69) is 47.8 Å². The number of nitrogens with zero attached hydrogens (tertiary/aromatic N) is 3. The van der Waals surface area contributed by atoms with Crippen LogP contribution in [0.2, 0.25) is 0 Å². The monoisotopic (exact) mass is 286 g/mol. The fourth-order valence-electron chi connectivity index (χ4n) is 2.61. The molecule has 0 fully saturated rings. The summed E-state index contributed by atoms with van der Waals surface area (Å²) < 4.78 is 0. The summed E-state index contributed by atoms with van der Waals surface area (Å²) in [6.45, 7) is 8.50. The lowest BCUT2D eigenvalue weighted by atomic mass is 10.2. The van der Waals surface area contributed by atoms with E-state index in [1.165, 1.54) is 19.3 Å². The first kappa shape index (κ1) is 15.6. The molecule has 1 aliphatic rings. The van der Waals surface area contributed by atoms with Gasteiger partial charge in [0, 0.05) is 25.6 Å². The molecule has 0 saturated heterocycles. The molecule has 0 bridgehead atoms. The van der Waals surface area contributed by atoms with Crippen molar-refractivity contribution in [2.24, 2.45) is 0 Å². The van der Waals surface area contributed by atoms with Gasteiger partial charge < -0.3 is 10.2 Å². The Morgan fingerprint density at radius 2 is 2.24 bits per heavy atom. The fraction of sp³-hybridized carbons (Fsp3) is 0.647. The molecule has 1 unspecified atom stereocenters. The summed E-state index contributed by atoms with van der Waals surface area (Å²) in [5.41, 5.74) is 0.777. The number of aromatic nitrogens is 2. The molecule has 0 aliphatic carbocycles. The number of fused-ring (bicyclic) bond motifs is 1. The van der Waals surface area contributed by atoms with E-state index >= 15 is 0 Å². The Labute approximate surface area is 128 Å². The van der Waals surface area contributed by atoms with E-state index in [-0.39, 0.29) is 0 Å². The number of nitrogens with one attached hydrogen (secondary N) is 1. The Balaban J connectivity index is 2.16. The Kier molecular flexibility index (Phi) is 5.86. The Morgan fingerprint density at radius 3 is 3.00 bits per heavy atom. The number of hydrogen-bond acceptors (Lipinski definition) is 4. The van der Waals surface area contributed by atoms with Gasteiger partial charge in [0.2, 0.25) is 0 Å². The largest absolute Gasteiger partial charge is 0.367 e. The average molecular weight is 286 g/mol. The van der Waals surface area contributed by atoms with Crippen molar-refractivity contribution < 1.29 is 0 Å². The molecular weight excluding hydrogens is 260 g/mol. The maximum atomic E-state index is 4.72. The molecule has 1 aliphatic heterocycles. The fourth-order valence-corrected chi connectivity index (χ4v) is 2.61. The van der Waals surface area contributed by atoms with Crippen LogP contribution in [-0.4, -0.2) is 29.1 Å². The van der Waals surface area contributed by atoms with Crippen LogP contribution in [-0.2, 0) is 0 Å². The lowest BCUT2D eigenvalue weighted by Gasteiger charge is -2.27. The van der Waals surface area contributed by atoms with Crippen molar-refractivity contribution in [1.29, 1.82) is 0 Å². The summed E-state index contributed by atoms with van der Waals surface area (Å²) in [6, 6.07) is 0.478. The second kappa shape index (κ2) is 7.87. The van der Waals surface area contributed by atoms with Crippen LogP contribution >= 0.6 is 0 Å². The number of anilines is 2. The summed E-state index contributed by atoms with van der Waals surface area (Å²) in [7, 11) is 0. The molecule has 1 aromatic rings. The molecule has 2 heterocycles. The zero-order valence-corrected chi connectivity index (χ0v) is 13.4. The van der Waals surface area contributed by atoms with E-state index in [1.54, 1.807) is 6.20 Å². The highest BCUT2D eigenvalue weighted by molar-refractivity contribution is 5.63. The normalized spacial score (nSPS) is 17.3. The molecule has 4 nitrogen and oxygen atoms in total. The highest BCUT2D eigenvalue weighted by Crippen LogP contribution is 2.26.